The average molecular weight is 317 g/mol. The number of nitrogens with zero attached hydrogens (tertiary/aromatic N) is 2. The highest BCUT2D eigenvalue weighted by molar-refractivity contribution is 5.83. The van der Waals surface area contributed by atoms with Crippen LogP contribution >= 0.6 is 0 Å². The Hall–Kier alpha value is -2.16. The Labute approximate surface area is 124 Å². The van der Waals surface area contributed by atoms with Gasteiger partial charge in [0.2, 0.25) is 5.91 Å². The van der Waals surface area contributed by atoms with E-state index in [1.165, 1.54) is 19.9 Å². The fraction of sp³-hybridized carbons (Fsp3) is 0.462. The van der Waals surface area contributed by atoms with Gasteiger partial charge in [0.25, 0.3) is 5.69 Å². The molecule has 1 heterocycles. The maximum atomic E-state index is 13.4. The number of carbonyl (C=O) groups excluding carboxylic acids is 1. The van der Waals surface area contributed by atoms with E-state index < -0.39 is 34.2 Å². The molecule has 1 aromatic rings. The van der Waals surface area contributed by atoms with E-state index in [0.29, 0.717) is 0 Å². The Balaban J connectivity index is 2.43. The number of rotatable bonds is 3. The minimum atomic E-state index is -4.69. The summed E-state index contributed by atoms with van der Waals surface area (Å²) in [6.45, 7) is 2.91. The molecule has 1 aliphatic rings. The third-order valence-electron chi connectivity index (χ3n) is 3.44. The molecule has 1 fully saturated rings. The lowest BCUT2D eigenvalue weighted by Crippen LogP contribution is -2.43. The summed E-state index contributed by atoms with van der Waals surface area (Å²) >= 11 is 0. The van der Waals surface area contributed by atoms with Crippen molar-refractivity contribution < 1.29 is 22.9 Å². The van der Waals surface area contributed by atoms with Crippen LogP contribution in [0.25, 0.3) is 0 Å². The van der Waals surface area contributed by atoms with Gasteiger partial charge >= 0.3 is 6.18 Å². The predicted octanol–water partition coefficient (Wildman–Crippen LogP) is 2.57. The van der Waals surface area contributed by atoms with Gasteiger partial charge < -0.3 is 0 Å². The van der Waals surface area contributed by atoms with Gasteiger partial charge in [-0.15, -0.1) is 0 Å². The van der Waals surface area contributed by atoms with Gasteiger partial charge in [-0.3, -0.25) is 20.3 Å². The third-order valence-corrected chi connectivity index (χ3v) is 3.44. The molecule has 0 aliphatic carbocycles. The number of nitrogens with one attached hydrogen (secondary N) is 1. The Morgan fingerprint density at radius 1 is 1.41 bits per heavy atom. The second-order valence-corrected chi connectivity index (χ2v) is 5.75. The molecule has 9 heteroatoms. The lowest BCUT2D eigenvalue weighted by Gasteiger charge is -2.29. The van der Waals surface area contributed by atoms with Crippen molar-refractivity contribution >= 4 is 11.6 Å². The minimum Gasteiger partial charge on any atom is -0.287 e. The number of benzene rings is 1. The molecule has 120 valence electrons. The number of halogens is 3. The molecule has 22 heavy (non-hydrogen) atoms. The Morgan fingerprint density at radius 2 is 2.05 bits per heavy atom. The Kier molecular flexibility index (Phi) is 3.86. The molecule has 1 saturated heterocycles. The van der Waals surface area contributed by atoms with Crippen molar-refractivity contribution in [1.82, 2.24) is 10.4 Å². The van der Waals surface area contributed by atoms with Crippen molar-refractivity contribution in [2.75, 3.05) is 6.54 Å². The van der Waals surface area contributed by atoms with Crippen LogP contribution in [-0.4, -0.2) is 28.6 Å². The SMILES string of the molecule is CC1(C)CN([C@@H](c2cccc([N+](=O)[O-])c2)C(F)(F)F)NC1=O. The van der Waals surface area contributed by atoms with Crippen LogP contribution < -0.4 is 5.43 Å². The largest absolute Gasteiger partial charge is 0.409 e. The number of nitro groups is 1. The highest BCUT2D eigenvalue weighted by Gasteiger charge is 2.51. The lowest BCUT2D eigenvalue weighted by atomic mass is 9.93. The first-order valence-corrected chi connectivity index (χ1v) is 6.41. The topological polar surface area (TPSA) is 75.5 Å². The van der Waals surface area contributed by atoms with Gasteiger partial charge in [-0.05, 0) is 19.4 Å². The first kappa shape index (κ1) is 16.2. The highest BCUT2D eigenvalue weighted by Crippen LogP contribution is 2.41. The van der Waals surface area contributed by atoms with Crippen molar-refractivity contribution in [3.05, 3.63) is 39.9 Å². The summed E-state index contributed by atoms with van der Waals surface area (Å²) in [6, 6.07) is 2.19. The quantitative estimate of drug-likeness (QED) is 0.687. The van der Waals surface area contributed by atoms with Crippen LogP contribution in [0.2, 0.25) is 0 Å². The number of hydrazine groups is 1. The molecule has 0 radical (unpaired) electrons. The zero-order chi connectivity index (χ0) is 16.7. The third kappa shape index (κ3) is 3.03. The van der Waals surface area contributed by atoms with Crippen molar-refractivity contribution in [2.24, 2.45) is 5.41 Å². The van der Waals surface area contributed by atoms with Gasteiger partial charge in [-0.25, -0.2) is 5.01 Å². The molecule has 1 aromatic carbocycles. The fourth-order valence-electron chi connectivity index (χ4n) is 2.33. The van der Waals surface area contributed by atoms with Crippen LogP contribution in [0.1, 0.15) is 25.5 Å². The fourth-order valence-corrected chi connectivity index (χ4v) is 2.33. The predicted molar refractivity (Wildman–Crippen MR) is 70.5 cm³/mol. The van der Waals surface area contributed by atoms with Crippen molar-refractivity contribution in [1.29, 1.82) is 0 Å². The summed E-state index contributed by atoms with van der Waals surface area (Å²) < 4.78 is 40.2. The molecule has 2 rings (SSSR count). The first-order valence-electron chi connectivity index (χ1n) is 6.41. The summed E-state index contributed by atoms with van der Waals surface area (Å²) in [4.78, 5) is 21.7. The second-order valence-electron chi connectivity index (χ2n) is 5.75. The molecule has 0 saturated carbocycles. The molecule has 0 unspecified atom stereocenters. The second kappa shape index (κ2) is 5.24. The zero-order valence-corrected chi connectivity index (χ0v) is 11.8. The molecule has 1 amide bonds. The number of nitro benzene ring substituents is 1. The van der Waals surface area contributed by atoms with E-state index in [1.54, 1.807) is 0 Å². The van der Waals surface area contributed by atoms with Crippen LogP contribution in [0.3, 0.4) is 0 Å². The van der Waals surface area contributed by atoms with E-state index in [1.807, 2.05) is 0 Å². The summed E-state index contributed by atoms with van der Waals surface area (Å²) in [5.41, 5.74) is 0.509. The van der Waals surface area contributed by atoms with Crippen LogP contribution in [0.15, 0.2) is 24.3 Å². The van der Waals surface area contributed by atoms with Gasteiger partial charge in [0.15, 0.2) is 0 Å². The smallest absolute Gasteiger partial charge is 0.287 e. The molecule has 6 nitrogen and oxygen atoms in total. The molecular weight excluding hydrogens is 303 g/mol. The summed E-state index contributed by atoms with van der Waals surface area (Å²) in [5.74, 6) is -0.521. The normalized spacial score (nSPS) is 19.8. The number of alkyl halides is 3. The summed E-state index contributed by atoms with van der Waals surface area (Å²) in [7, 11) is 0. The van der Waals surface area contributed by atoms with Crippen molar-refractivity contribution in [2.45, 2.75) is 26.1 Å². The maximum Gasteiger partial charge on any atom is 0.409 e. The summed E-state index contributed by atoms with van der Waals surface area (Å²) in [5, 5.41) is 11.5. The lowest BCUT2D eigenvalue weighted by molar-refractivity contribution is -0.385. The van der Waals surface area contributed by atoms with Gasteiger partial charge in [0.05, 0.1) is 10.3 Å². The number of non-ortho nitro benzene ring substituents is 1. The Morgan fingerprint density at radius 3 is 2.50 bits per heavy atom. The monoisotopic (exact) mass is 317 g/mol. The number of amides is 1. The minimum absolute atomic E-state index is 0.154. The summed E-state index contributed by atoms with van der Waals surface area (Å²) in [6.07, 6.45) is -4.69. The van der Waals surface area contributed by atoms with Gasteiger partial charge in [0, 0.05) is 18.7 Å². The Bertz CT molecular complexity index is 616. The standard InChI is InChI=1S/C13H14F3N3O3/c1-12(2)7-18(17-11(12)20)10(13(14,15)16)8-4-3-5-9(6-8)19(21)22/h3-6,10H,7H2,1-2H3,(H,17,20)/t10-/m0/s1. The van der Waals surface area contributed by atoms with Crippen LogP contribution in [0, 0.1) is 15.5 Å². The number of carbonyl (C=O) groups is 1. The van der Waals surface area contributed by atoms with Crippen LogP contribution in [0.5, 0.6) is 0 Å². The number of hydrogen-bond acceptors (Lipinski definition) is 4. The molecule has 0 spiro atoms. The molecule has 0 bridgehead atoms. The van der Waals surface area contributed by atoms with Gasteiger partial charge in [-0.1, -0.05) is 12.1 Å². The molecule has 0 aromatic heterocycles. The molecule has 1 aliphatic heterocycles. The highest BCUT2D eigenvalue weighted by atomic mass is 19.4. The van der Waals surface area contributed by atoms with Crippen LogP contribution in [0.4, 0.5) is 18.9 Å². The first-order chi connectivity index (χ1) is 10.0. The van der Waals surface area contributed by atoms with Crippen LogP contribution in [-0.2, 0) is 4.79 Å². The van der Waals surface area contributed by atoms with Gasteiger partial charge in [-0.2, -0.15) is 13.2 Å². The number of hydrogen-bond donors (Lipinski definition) is 1. The molecule has 1 N–H and O–H groups in total. The van der Waals surface area contributed by atoms with E-state index in [2.05, 4.69) is 5.43 Å². The molecular formula is C13H14F3N3O3. The van der Waals surface area contributed by atoms with Crippen molar-refractivity contribution in [3.63, 3.8) is 0 Å². The molecule has 1 atom stereocenters. The van der Waals surface area contributed by atoms with E-state index >= 15 is 0 Å². The van der Waals surface area contributed by atoms with Gasteiger partial charge in [0.1, 0.15) is 6.04 Å². The maximum absolute atomic E-state index is 13.4. The zero-order valence-electron chi connectivity index (χ0n) is 11.8. The van der Waals surface area contributed by atoms with Crippen molar-refractivity contribution in [3.8, 4) is 0 Å². The van der Waals surface area contributed by atoms with E-state index in [4.69, 9.17) is 0 Å². The average Bonchev–Trinajstić information content (AvgIpc) is 2.61. The van der Waals surface area contributed by atoms with E-state index in [-0.39, 0.29) is 12.1 Å². The van der Waals surface area contributed by atoms with E-state index in [0.717, 1.165) is 23.2 Å². The van der Waals surface area contributed by atoms with E-state index in [9.17, 15) is 28.1 Å².